The summed E-state index contributed by atoms with van der Waals surface area (Å²) in [5.74, 6) is 0.0763. The molecule has 4 rings (SSSR count). The van der Waals surface area contributed by atoms with Crippen LogP contribution in [0.1, 0.15) is 55.8 Å². The molecule has 0 saturated carbocycles. The second-order valence-corrected chi connectivity index (χ2v) is 7.36. The lowest BCUT2D eigenvalue weighted by atomic mass is 9.89. The Morgan fingerprint density at radius 3 is 1.27 bits per heavy atom. The molecule has 2 heteroatoms. The van der Waals surface area contributed by atoms with Gasteiger partial charge in [-0.25, -0.2) is 0 Å². The smallest absolute Gasteiger partial charge is 0.193 e. The summed E-state index contributed by atoms with van der Waals surface area (Å²) in [6.07, 6.45) is 0. The summed E-state index contributed by atoms with van der Waals surface area (Å²) in [6, 6.07) is 34.1. The van der Waals surface area contributed by atoms with Crippen LogP contribution in [0.5, 0.6) is 0 Å². The van der Waals surface area contributed by atoms with Gasteiger partial charge in [0.25, 0.3) is 0 Å². The van der Waals surface area contributed by atoms with Crippen LogP contribution in [0.2, 0.25) is 0 Å². The second kappa shape index (κ2) is 8.71. The van der Waals surface area contributed by atoms with Gasteiger partial charge in [0, 0.05) is 28.2 Å². The normalized spacial score (nSPS) is 10.7. The van der Waals surface area contributed by atoms with E-state index in [-0.39, 0.29) is 17.5 Å². The summed E-state index contributed by atoms with van der Waals surface area (Å²) in [4.78, 5) is 25.6. The predicted octanol–water partition coefficient (Wildman–Crippen LogP) is 6.30. The average molecular weight is 390 g/mol. The van der Waals surface area contributed by atoms with Crippen LogP contribution in [0.25, 0.3) is 0 Å². The van der Waals surface area contributed by atoms with E-state index in [0.717, 1.165) is 11.1 Å². The first-order valence-electron chi connectivity index (χ1n) is 10.0. The molecule has 0 aliphatic rings. The van der Waals surface area contributed by atoms with Crippen molar-refractivity contribution in [3.63, 3.8) is 0 Å². The van der Waals surface area contributed by atoms with Gasteiger partial charge in [-0.3, -0.25) is 9.59 Å². The third-order valence-electron chi connectivity index (χ3n) is 5.37. The quantitative estimate of drug-likeness (QED) is 0.362. The molecule has 30 heavy (non-hydrogen) atoms. The van der Waals surface area contributed by atoms with Crippen molar-refractivity contribution in [1.29, 1.82) is 0 Å². The highest BCUT2D eigenvalue weighted by Crippen LogP contribution is 2.27. The van der Waals surface area contributed by atoms with Crippen molar-refractivity contribution in [1.82, 2.24) is 0 Å². The van der Waals surface area contributed by atoms with Crippen LogP contribution in [-0.4, -0.2) is 11.6 Å². The fourth-order valence-electron chi connectivity index (χ4n) is 3.60. The molecule has 0 heterocycles. The molecule has 4 aromatic rings. The minimum atomic E-state index is 0.0117. The zero-order valence-electron chi connectivity index (χ0n) is 16.8. The molecular weight excluding hydrogens is 368 g/mol. The van der Waals surface area contributed by atoms with E-state index in [1.165, 1.54) is 0 Å². The fourth-order valence-corrected chi connectivity index (χ4v) is 3.60. The van der Waals surface area contributed by atoms with Crippen molar-refractivity contribution in [3.8, 4) is 0 Å². The molecule has 0 N–H and O–H groups in total. The number of rotatable bonds is 6. The maximum absolute atomic E-state index is 12.8. The first-order chi connectivity index (χ1) is 14.6. The van der Waals surface area contributed by atoms with Gasteiger partial charge in [-0.2, -0.15) is 0 Å². The van der Waals surface area contributed by atoms with Gasteiger partial charge < -0.3 is 0 Å². The van der Waals surface area contributed by atoms with Gasteiger partial charge in [0.15, 0.2) is 11.6 Å². The van der Waals surface area contributed by atoms with Gasteiger partial charge in [-0.15, -0.1) is 0 Å². The predicted molar refractivity (Wildman–Crippen MR) is 120 cm³/mol. The topological polar surface area (TPSA) is 34.1 Å². The first-order valence-corrected chi connectivity index (χ1v) is 10.0. The fraction of sp³-hybridized carbons (Fsp3) is 0.0714. The molecule has 0 atom stereocenters. The first kappa shape index (κ1) is 19.5. The van der Waals surface area contributed by atoms with Crippen LogP contribution < -0.4 is 0 Å². The molecule has 0 aliphatic carbocycles. The van der Waals surface area contributed by atoms with E-state index in [1.807, 2.05) is 109 Å². The summed E-state index contributed by atoms with van der Waals surface area (Å²) < 4.78 is 0. The highest BCUT2D eigenvalue weighted by atomic mass is 16.1. The summed E-state index contributed by atoms with van der Waals surface area (Å²) in [5, 5.41) is 0. The Bertz CT molecular complexity index is 1080. The van der Waals surface area contributed by atoms with Crippen LogP contribution in [-0.2, 0) is 0 Å². The van der Waals surface area contributed by atoms with Gasteiger partial charge >= 0.3 is 0 Å². The van der Waals surface area contributed by atoms with Gasteiger partial charge in [0.05, 0.1) is 0 Å². The van der Waals surface area contributed by atoms with Crippen LogP contribution in [0, 0.1) is 0 Å². The molecule has 0 unspecified atom stereocenters. The lowest BCUT2D eigenvalue weighted by molar-refractivity contribution is 0.103. The number of hydrogen-bond acceptors (Lipinski definition) is 2. The Balaban J connectivity index is 1.62. The van der Waals surface area contributed by atoms with Crippen molar-refractivity contribution in [2.45, 2.75) is 12.8 Å². The van der Waals surface area contributed by atoms with E-state index in [1.54, 1.807) is 0 Å². The Hall–Kier alpha value is -3.78. The number of hydrogen-bond donors (Lipinski definition) is 0. The Labute approximate surface area is 176 Å². The number of carbonyl (C=O) groups excluding carboxylic acids is 2. The molecule has 0 aliphatic heterocycles. The molecule has 4 aromatic carbocycles. The average Bonchev–Trinajstić information content (AvgIpc) is 2.84. The minimum absolute atomic E-state index is 0.0117. The zero-order valence-corrected chi connectivity index (χ0v) is 16.8. The van der Waals surface area contributed by atoms with E-state index >= 15 is 0 Å². The van der Waals surface area contributed by atoms with Gasteiger partial charge in [-0.05, 0) is 23.3 Å². The van der Waals surface area contributed by atoms with Crippen LogP contribution in [0.15, 0.2) is 109 Å². The molecule has 0 amide bonds. The van der Waals surface area contributed by atoms with Crippen molar-refractivity contribution < 1.29 is 9.59 Å². The number of benzene rings is 4. The molecule has 0 fully saturated rings. The Morgan fingerprint density at radius 2 is 0.867 bits per heavy atom. The summed E-state index contributed by atoms with van der Waals surface area (Å²) in [5.41, 5.74) is 4.78. The van der Waals surface area contributed by atoms with Crippen LogP contribution in [0.4, 0.5) is 0 Å². The Morgan fingerprint density at radius 1 is 0.500 bits per heavy atom. The van der Waals surface area contributed by atoms with Gasteiger partial charge in [0.2, 0.25) is 0 Å². The summed E-state index contributed by atoms with van der Waals surface area (Å²) in [7, 11) is 0. The second-order valence-electron chi connectivity index (χ2n) is 7.36. The molecular formula is C28H22O2. The highest BCUT2D eigenvalue weighted by molar-refractivity contribution is 6.09. The Kier molecular flexibility index (Phi) is 5.67. The van der Waals surface area contributed by atoms with Crippen LogP contribution in [0.3, 0.4) is 0 Å². The molecule has 0 aromatic heterocycles. The molecule has 2 nitrogen and oxygen atoms in total. The summed E-state index contributed by atoms with van der Waals surface area (Å²) in [6.45, 7) is 2.10. The van der Waals surface area contributed by atoms with Crippen LogP contribution >= 0.6 is 0 Å². The third-order valence-corrected chi connectivity index (χ3v) is 5.37. The largest absolute Gasteiger partial charge is 0.289 e. The van der Waals surface area contributed by atoms with E-state index in [2.05, 4.69) is 6.92 Å². The van der Waals surface area contributed by atoms with E-state index in [9.17, 15) is 9.59 Å². The molecule has 0 bridgehead atoms. The van der Waals surface area contributed by atoms with Crippen molar-refractivity contribution in [2.24, 2.45) is 0 Å². The van der Waals surface area contributed by atoms with Crippen molar-refractivity contribution in [2.75, 3.05) is 0 Å². The SMILES string of the molecule is CC(c1cccc(C(=O)c2ccccc2)c1)c1cccc(C(=O)c2ccccc2)c1. The van der Waals surface area contributed by atoms with E-state index in [0.29, 0.717) is 22.3 Å². The molecule has 0 saturated heterocycles. The monoisotopic (exact) mass is 390 g/mol. The lowest BCUT2D eigenvalue weighted by Gasteiger charge is -2.15. The standard InChI is InChI=1S/C28H22O2/c1-20(23-14-8-16-25(18-23)27(29)21-10-4-2-5-11-21)24-15-9-17-26(19-24)28(30)22-12-6-3-7-13-22/h2-20H,1H3. The zero-order chi connectivity index (χ0) is 20.9. The summed E-state index contributed by atoms with van der Waals surface area (Å²) >= 11 is 0. The van der Waals surface area contributed by atoms with E-state index < -0.39 is 0 Å². The molecule has 0 spiro atoms. The minimum Gasteiger partial charge on any atom is -0.289 e. The van der Waals surface area contributed by atoms with E-state index in [4.69, 9.17) is 0 Å². The van der Waals surface area contributed by atoms with Gasteiger partial charge in [0.1, 0.15) is 0 Å². The van der Waals surface area contributed by atoms with Gasteiger partial charge in [-0.1, -0.05) is 104 Å². The molecule has 146 valence electrons. The number of carbonyl (C=O) groups is 2. The third kappa shape index (κ3) is 4.13. The number of ketones is 2. The molecule has 0 radical (unpaired) electrons. The lowest BCUT2D eigenvalue weighted by Crippen LogP contribution is -2.05. The van der Waals surface area contributed by atoms with Crippen molar-refractivity contribution >= 4 is 11.6 Å². The maximum atomic E-state index is 12.8. The maximum Gasteiger partial charge on any atom is 0.193 e. The highest BCUT2D eigenvalue weighted by Gasteiger charge is 2.15. The van der Waals surface area contributed by atoms with Crippen molar-refractivity contribution in [3.05, 3.63) is 143 Å².